The zero-order valence-electron chi connectivity index (χ0n) is 31.0. The first kappa shape index (κ1) is 33.2. The summed E-state index contributed by atoms with van der Waals surface area (Å²) in [4.78, 5) is 2.46. The first-order chi connectivity index (χ1) is 28.2. The van der Waals surface area contributed by atoms with Gasteiger partial charge in [-0.3, -0.25) is 0 Å². The minimum Gasteiger partial charge on any atom is -0.456 e. The standard InChI is InChI=1S/C54H35NOS/c1-4-14-36(15-5-1)41-32-42(37-16-6-2-7-17-37)34-44(33-41)55(43-27-24-38(25-28-43)40-26-29-47-46-20-10-12-22-50(46)56-51(47)35-40)49-31-30-45(39-18-8-3-9-19-39)53-48-21-11-13-23-52(48)57-54(49)53/h1-35H. The molecule has 0 spiro atoms. The van der Waals surface area contributed by atoms with Crippen molar-refractivity contribution < 1.29 is 4.42 Å². The molecule has 0 unspecified atom stereocenters. The minimum absolute atomic E-state index is 0.899. The predicted octanol–water partition coefficient (Wildman–Crippen LogP) is 16.1. The second-order valence-corrected chi connectivity index (χ2v) is 15.5. The summed E-state index contributed by atoms with van der Waals surface area (Å²) in [5.74, 6) is 0. The molecule has 0 fully saturated rings. The molecule has 3 heteroatoms. The van der Waals surface area contributed by atoms with Crippen molar-refractivity contribution in [2.75, 3.05) is 4.90 Å². The highest BCUT2D eigenvalue weighted by molar-refractivity contribution is 7.26. The van der Waals surface area contributed by atoms with Gasteiger partial charge in [-0.1, -0.05) is 152 Å². The van der Waals surface area contributed by atoms with Crippen molar-refractivity contribution in [2.24, 2.45) is 0 Å². The Bertz CT molecular complexity index is 3160. The molecule has 2 aromatic heterocycles. The van der Waals surface area contributed by atoms with Gasteiger partial charge in [0, 0.05) is 37.6 Å². The zero-order chi connectivity index (χ0) is 37.7. The second-order valence-electron chi connectivity index (χ2n) is 14.5. The van der Waals surface area contributed by atoms with Crippen LogP contribution in [0.3, 0.4) is 0 Å². The van der Waals surface area contributed by atoms with E-state index in [4.69, 9.17) is 4.42 Å². The topological polar surface area (TPSA) is 16.4 Å². The van der Waals surface area contributed by atoms with Gasteiger partial charge in [-0.2, -0.15) is 0 Å². The van der Waals surface area contributed by atoms with E-state index in [0.717, 1.165) is 50.1 Å². The van der Waals surface area contributed by atoms with Crippen LogP contribution in [0.2, 0.25) is 0 Å². The first-order valence-corrected chi connectivity index (χ1v) is 20.1. The molecule has 268 valence electrons. The van der Waals surface area contributed by atoms with Gasteiger partial charge in [0.25, 0.3) is 0 Å². The maximum absolute atomic E-state index is 6.29. The van der Waals surface area contributed by atoms with Crippen molar-refractivity contribution in [3.63, 3.8) is 0 Å². The quantitative estimate of drug-likeness (QED) is 0.162. The Morgan fingerprint density at radius 1 is 0.351 bits per heavy atom. The Kier molecular flexibility index (Phi) is 8.04. The molecule has 0 aliphatic heterocycles. The van der Waals surface area contributed by atoms with E-state index in [1.165, 1.54) is 53.6 Å². The average molecular weight is 746 g/mol. The van der Waals surface area contributed by atoms with Gasteiger partial charge in [0.1, 0.15) is 11.2 Å². The van der Waals surface area contributed by atoms with Gasteiger partial charge < -0.3 is 9.32 Å². The molecule has 11 aromatic rings. The van der Waals surface area contributed by atoms with Gasteiger partial charge in [-0.05, 0) is 105 Å². The summed E-state index contributed by atoms with van der Waals surface area (Å²) in [5.41, 5.74) is 14.5. The van der Waals surface area contributed by atoms with Gasteiger partial charge in [-0.25, -0.2) is 0 Å². The Morgan fingerprint density at radius 3 is 1.61 bits per heavy atom. The van der Waals surface area contributed by atoms with E-state index in [9.17, 15) is 0 Å². The molecule has 0 saturated heterocycles. The van der Waals surface area contributed by atoms with Crippen LogP contribution in [0.15, 0.2) is 217 Å². The molecule has 57 heavy (non-hydrogen) atoms. The number of rotatable bonds is 7. The van der Waals surface area contributed by atoms with Crippen LogP contribution in [0.4, 0.5) is 17.1 Å². The van der Waals surface area contributed by atoms with Crippen molar-refractivity contribution in [2.45, 2.75) is 0 Å². The normalized spacial score (nSPS) is 11.5. The SMILES string of the molecule is c1ccc(-c2cc(-c3ccccc3)cc(N(c3ccc(-c4ccc5c(c4)oc4ccccc45)cc3)c3ccc(-c4ccccc4)c4c3sc3ccccc34)c2)cc1. The monoisotopic (exact) mass is 745 g/mol. The van der Waals surface area contributed by atoms with Gasteiger partial charge in [0.15, 0.2) is 0 Å². The molecule has 0 aliphatic rings. The fraction of sp³-hybridized carbons (Fsp3) is 0. The molecule has 0 radical (unpaired) electrons. The second kappa shape index (κ2) is 13.8. The van der Waals surface area contributed by atoms with Crippen LogP contribution in [-0.4, -0.2) is 0 Å². The van der Waals surface area contributed by atoms with Crippen LogP contribution in [0.5, 0.6) is 0 Å². The molecule has 0 amide bonds. The van der Waals surface area contributed by atoms with Crippen LogP contribution < -0.4 is 4.90 Å². The molecule has 11 rings (SSSR count). The summed E-state index contributed by atoms with van der Waals surface area (Å²) in [6.07, 6.45) is 0. The Balaban J connectivity index is 1.14. The van der Waals surface area contributed by atoms with E-state index in [-0.39, 0.29) is 0 Å². The molecule has 0 N–H and O–H groups in total. The fourth-order valence-corrected chi connectivity index (χ4v) is 9.55. The fourth-order valence-electron chi connectivity index (χ4n) is 8.32. The van der Waals surface area contributed by atoms with Crippen LogP contribution in [0, 0.1) is 0 Å². The van der Waals surface area contributed by atoms with Crippen molar-refractivity contribution in [1.82, 2.24) is 0 Å². The number of hydrogen-bond donors (Lipinski definition) is 0. The Morgan fingerprint density at radius 2 is 0.912 bits per heavy atom. The molecular formula is C54H35NOS. The molecule has 2 heterocycles. The highest BCUT2D eigenvalue weighted by Crippen LogP contribution is 2.49. The van der Waals surface area contributed by atoms with E-state index < -0.39 is 0 Å². The average Bonchev–Trinajstić information content (AvgIpc) is 3.87. The lowest BCUT2D eigenvalue weighted by atomic mass is 9.96. The number of nitrogens with zero attached hydrogens (tertiary/aromatic N) is 1. The molecule has 2 nitrogen and oxygen atoms in total. The Labute approximate surface area is 335 Å². The van der Waals surface area contributed by atoms with Crippen molar-refractivity contribution in [3.8, 4) is 44.5 Å². The molecule has 0 saturated carbocycles. The summed E-state index contributed by atoms with van der Waals surface area (Å²) in [7, 11) is 0. The van der Waals surface area contributed by atoms with E-state index in [0.29, 0.717) is 0 Å². The lowest BCUT2D eigenvalue weighted by Crippen LogP contribution is -2.10. The van der Waals surface area contributed by atoms with Gasteiger partial charge >= 0.3 is 0 Å². The number of benzene rings is 9. The van der Waals surface area contributed by atoms with Crippen LogP contribution in [0.25, 0.3) is 86.6 Å². The molecule has 9 aromatic carbocycles. The molecule has 0 aliphatic carbocycles. The van der Waals surface area contributed by atoms with E-state index in [1.807, 2.05) is 23.5 Å². The van der Waals surface area contributed by atoms with Crippen LogP contribution in [-0.2, 0) is 0 Å². The van der Waals surface area contributed by atoms with Crippen LogP contribution >= 0.6 is 11.3 Å². The summed E-state index contributed by atoms with van der Waals surface area (Å²) >= 11 is 1.87. The number of anilines is 3. The van der Waals surface area contributed by atoms with Crippen molar-refractivity contribution >= 4 is 70.5 Å². The summed E-state index contributed by atoms with van der Waals surface area (Å²) in [6.45, 7) is 0. The van der Waals surface area contributed by atoms with E-state index >= 15 is 0 Å². The molecular weight excluding hydrogens is 711 g/mol. The number of furan rings is 1. The largest absolute Gasteiger partial charge is 0.456 e. The van der Waals surface area contributed by atoms with E-state index in [1.54, 1.807) is 0 Å². The lowest BCUT2D eigenvalue weighted by molar-refractivity contribution is 0.669. The predicted molar refractivity (Wildman–Crippen MR) is 243 cm³/mol. The number of hydrogen-bond acceptors (Lipinski definition) is 3. The Hall–Kier alpha value is -7.20. The van der Waals surface area contributed by atoms with Crippen molar-refractivity contribution in [3.05, 3.63) is 212 Å². The van der Waals surface area contributed by atoms with Crippen molar-refractivity contribution in [1.29, 1.82) is 0 Å². The maximum atomic E-state index is 6.29. The van der Waals surface area contributed by atoms with Gasteiger partial charge in [0.2, 0.25) is 0 Å². The number of para-hydroxylation sites is 1. The zero-order valence-corrected chi connectivity index (χ0v) is 31.8. The number of fused-ring (bicyclic) bond motifs is 6. The van der Waals surface area contributed by atoms with Gasteiger partial charge in [0.05, 0.1) is 10.4 Å². The summed E-state index contributed by atoms with van der Waals surface area (Å²) in [6, 6.07) is 76.5. The highest BCUT2D eigenvalue weighted by Gasteiger charge is 2.22. The smallest absolute Gasteiger partial charge is 0.136 e. The third-order valence-corrected chi connectivity index (χ3v) is 12.3. The highest BCUT2D eigenvalue weighted by atomic mass is 32.1. The minimum atomic E-state index is 0.899. The summed E-state index contributed by atoms with van der Waals surface area (Å²) in [5, 5.41) is 4.83. The third kappa shape index (κ3) is 5.88. The first-order valence-electron chi connectivity index (χ1n) is 19.3. The lowest BCUT2D eigenvalue weighted by Gasteiger charge is -2.28. The van der Waals surface area contributed by atoms with Crippen LogP contribution in [0.1, 0.15) is 0 Å². The molecule has 0 atom stereocenters. The number of thiophene rings is 1. The third-order valence-electron chi connectivity index (χ3n) is 11.1. The summed E-state index contributed by atoms with van der Waals surface area (Å²) < 4.78 is 8.82. The van der Waals surface area contributed by atoms with Gasteiger partial charge in [-0.15, -0.1) is 11.3 Å². The molecule has 0 bridgehead atoms. The maximum Gasteiger partial charge on any atom is 0.136 e. The van der Waals surface area contributed by atoms with E-state index in [2.05, 4.69) is 205 Å².